The van der Waals surface area contributed by atoms with E-state index < -0.39 is 0 Å². The van der Waals surface area contributed by atoms with Gasteiger partial charge in [0.2, 0.25) is 0 Å². The molecule has 1 atom stereocenters. The summed E-state index contributed by atoms with van der Waals surface area (Å²) in [7, 11) is 0. The van der Waals surface area contributed by atoms with E-state index >= 15 is 0 Å². The lowest BCUT2D eigenvalue weighted by atomic mass is 10.2. The van der Waals surface area contributed by atoms with Crippen molar-refractivity contribution in [1.29, 1.82) is 0 Å². The zero-order chi connectivity index (χ0) is 7.14. The Balaban J connectivity index is 2.54. The van der Waals surface area contributed by atoms with Gasteiger partial charge in [-0.1, -0.05) is 0 Å². The lowest BCUT2D eigenvalue weighted by Gasteiger charge is -2.01. The molecule has 0 fully saturated rings. The molecule has 0 radical (unpaired) electrons. The van der Waals surface area contributed by atoms with Crippen molar-refractivity contribution in [2.45, 2.75) is 19.5 Å². The average molecular weight is 138 g/mol. The zero-order valence-corrected chi connectivity index (χ0v) is 5.81. The van der Waals surface area contributed by atoms with Crippen molar-refractivity contribution in [3.63, 3.8) is 0 Å². The minimum absolute atomic E-state index is 0.355. The molecule has 2 heterocycles. The lowest BCUT2D eigenvalue weighted by Crippen LogP contribution is -2.09. The largest absolute Gasteiger partial charge is 0.382 e. The third kappa shape index (κ3) is 0.565. The summed E-state index contributed by atoms with van der Waals surface area (Å²) in [6.45, 7) is 2.94. The van der Waals surface area contributed by atoms with Crippen molar-refractivity contribution in [3.8, 4) is 0 Å². The van der Waals surface area contributed by atoms with Crippen LogP contribution >= 0.6 is 0 Å². The van der Waals surface area contributed by atoms with Crippen LogP contribution in [0.1, 0.15) is 24.2 Å². The smallest absolute Gasteiger partial charge is 0.150 e. The molecule has 0 aliphatic carbocycles. The second kappa shape index (κ2) is 1.73. The van der Waals surface area contributed by atoms with Crippen LogP contribution in [0.15, 0.2) is 0 Å². The monoisotopic (exact) mass is 138 g/mol. The molecule has 0 bridgehead atoms. The fourth-order valence-electron chi connectivity index (χ4n) is 1.38. The third-order valence-corrected chi connectivity index (χ3v) is 1.93. The third-order valence-electron chi connectivity index (χ3n) is 1.93. The number of anilines is 1. The van der Waals surface area contributed by atoms with E-state index in [0.29, 0.717) is 11.9 Å². The van der Waals surface area contributed by atoms with Crippen LogP contribution in [0.2, 0.25) is 0 Å². The number of aromatic nitrogens is 2. The van der Waals surface area contributed by atoms with Crippen molar-refractivity contribution in [2.75, 3.05) is 5.73 Å². The highest BCUT2D eigenvalue weighted by molar-refractivity contribution is 5.46. The first-order valence-corrected chi connectivity index (χ1v) is 3.35. The van der Waals surface area contributed by atoms with Gasteiger partial charge in [0.05, 0.1) is 5.69 Å². The van der Waals surface area contributed by atoms with Gasteiger partial charge in [0, 0.05) is 18.2 Å². The van der Waals surface area contributed by atoms with Gasteiger partial charge in [-0.2, -0.15) is 5.10 Å². The molecule has 1 aromatic heterocycles. The minimum atomic E-state index is 0.355. The van der Waals surface area contributed by atoms with Crippen molar-refractivity contribution < 1.29 is 0 Å². The number of H-pyrrole nitrogens is 1. The van der Waals surface area contributed by atoms with Crippen LogP contribution in [-0.4, -0.2) is 10.2 Å². The van der Waals surface area contributed by atoms with Crippen molar-refractivity contribution in [1.82, 2.24) is 15.5 Å². The van der Waals surface area contributed by atoms with Gasteiger partial charge in [0.1, 0.15) is 5.82 Å². The highest BCUT2D eigenvalue weighted by atomic mass is 15.2. The molecule has 4 N–H and O–H groups in total. The summed E-state index contributed by atoms with van der Waals surface area (Å²) in [5.74, 6) is 0.632. The van der Waals surface area contributed by atoms with Gasteiger partial charge in [-0.3, -0.25) is 5.10 Å². The second-order valence-electron chi connectivity index (χ2n) is 2.60. The standard InChI is InChI=1S/C6H10N4/c1-3-5-4(2-8-3)9-10-6(5)7/h3,8H,2H2,1H3,(H3,7,9,10). The number of rotatable bonds is 0. The van der Waals surface area contributed by atoms with Gasteiger partial charge in [-0.15, -0.1) is 0 Å². The maximum absolute atomic E-state index is 5.60. The van der Waals surface area contributed by atoms with Crippen molar-refractivity contribution in [3.05, 3.63) is 11.3 Å². The van der Waals surface area contributed by atoms with Gasteiger partial charge < -0.3 is 11.1 Å². The van der Waals surface area contributed by atoms with E-state index in [1.165, 1.54) is 0 Å². The number of nitrogens with zero attached hydrogens (tertiary/aromatic N) is 1. The molecule has 1 aliphatic heterocycles. The Labute approximate surface area is 58.8 Å². The van der Waals surface area contributed by atoms with Crippen LogP contribution in [0, 0.1) is 0 Å². The predicted octanol–water partition coefficient (Wildman–Crippen LogP) is 0.156. The first kappa shape index (κ1) is 5.73. The fraction of sp³-hybridized carbons (Fsp3) is 0.500. The number of nitrogens with two attached hydrogens (primary N) is 1. The summed E-state index contributed by atoms with van der Waals surface area (Å²) in [5.41, 5.74) is 7.87. The number of nitrogens with one attached hydrogen (secondary N) is 2. The first-order chi connectivity index (χ1) is 4.79. The summed E-state index contributed by atoms with van der Waals surface area (Å²) >= 11 is 0. The molecular weight excluding hydrogens is 128 g/mol. The van der Waals surface area contributed by atoms with Gasteiger partial charge in [0.25, 0.3) is 0 Å². The molecule has 0 saturated carbocycles. The van der Waals surface area contributed by atoms with Crippen molar-refractivity contribution in [2.24, 2.45) is 0 Å². The molecule has 0 saturated heterocycles. The highest BCUT2D eigenvalue weighted by Gasteiger charge is 2.22. The Morgan fingerprint density at radius 1 is 1.70 bits per heavy atom. The molecule has 0 amide bonds. The maximum Gasteiger partial charge on any atom is 0.150 e. The second-order valence-corrected chi connectivity index (χ2v) is 2.60. The Morgan fingerprint density at radius 3 is 3.20 bits per heavy atom. The van der Waals surface area contributed by atoms with Crippen LogP contribution in [0.4, 0.5) is 5.82 Å². The molecule has 1 aliphatic rings. The van der Waals surface area contributed by atoms with Gasteiger partial charge in [0.15, 0.2) is 0 Å². The Bertz CT molecular complexity index is 252. The molecule has 0 spiro atoms. The SMILES string of the molecule is CC1NCc2[nH]nc(N)c21. The van der Waals surface area contributed by atoms with E-state index in [4.69, 9.17) is 5.73 Å². The normalized spacial score (nSPS) is 23.1. The number of nitrogen functional groups attached to an aromatic ring is 1. The topological polar surface area (TPSA) is 66.7 Å². The molecule has 1 aromatic rings. The average Bonchev–Trinajstić information content (AvgIpc) is 2.40. The minimum Gasteiger partial charge on any atom is -0.382 e. The molecule has 4 nitrogen and oxygen atoms in total. The summed E-state index contributed by atoms with van der Waals surface area (Å²) in [6, 6.07) is 0.355. The quantitative estimate of drug-likeness (QED) is 0.478. The van der Waals surface area contributed by atoms with Crippen molar-refractivity contribution >= 4 is 5.82 Å². The first-order valence-electron chi connectivity index (χ1n) is 3.35. The van der Waals surface area contributed by atoms with E-state index in [1.54, 1.807) is 0 Å². The summed E-state index contributed by atoms with van der Waals surface area (Å²) in [5, 5.41) is 10.0. The van der Waals surface area contributed by atoms with Gasteiger partial charge in [-0.25, -0.2) is 0 Å². The number of hydrogen-bond acceptors (Lipinski definition) is 3. The van der Waals surface area contributed by atoms with Crippen LogP contribution < -0.4 is 11.1 Å². The number of hydrogen-bond donors (Lipinski definition) is 3. The summed E-state index contributed by atoms with van der Waals surface area (Å²) in [6.07, 6.45) is 0. The van der Waals surface area contributed by atoms with Crippen LogP contribution in [0.5, 0.6) is 0 Å². The predicted molar refractivity (Wildman–Crippen MR) is 38.3 cm³/mol. The Kier molecular flexibility index (Phi) is 0.990. The van der Waals surface area contributed by atoms with E-state index in [2.05, 4.69) is 22.4 Å². The molecule has 2 rings (SSSR count). The van der Waals surface area contributed by atoms with E-state index in [1.807, 2.05) is 0 Å². The summed E-state index contributed by atoms with van der Waals surface area (Å²) in [4.78, 5) is 0. The molecular formula is C6H10N4. The van der Waals surface area contributed by atoms with Crippen LogP contribution in [0.3, 0.4) is 0 Å². The summed E-state index contributed by atoms with van der Waals surface area (Å²) < 4.78 is 0. The van der Waals surface area contributed by atoms with Gasteiger partial charge in [-0.05, 0) is 6.92 Å². The fourth-order valence-corrected chi connectivity index (χ4v) is 1.38. The highest BCUT2D eigenvalue weighted by Crippen LogP contribution is 2.26. The molecule has 54 valence electrons. The van der Waals surface area contributed by atoms with E-state index in [9.17, 15) is 0 Å². The van der Waals surface area contributed by atoms with E-state index in [0.717, 1.165) is 17.8 Å². The van der Waals surface area contributed by atoms with Crippen LogP contribution in [0.25, 0.3) is 0 Å². The zero-order valence-electron chi connectivity index (χ0n) is 5.81. The molecule has 4 heteroatoms. The van der Waals surface area contributed by atoms with Gasteiger partial charge >= 0.3 is 0 Å². The maximum atomic E-state index is 5.60. The molecule has 10 heavy (non-hydrogen) atoms. The number of fused-ring (bicyclic) bond motifs is 1. The molecule has 1 unspecified atom stereocenters. The molecule has 0 aromatic carbocycles. The number of aromatic amines is 1. The Morgan fingerprint density at radius 2 is 2.50 bits per heavy atom. The van der Waals surface area contributed by atoms with E-state index in [-0.39, 0.29) is 0 Å². The van der Waals surface area contributed by atoms with Crippen LogP contribution in [-0.2, 0) is 6.54 Å². The lowest BCUT2D eigenvalue weighted by molar-refractivity contribution is 0.626. The Hall–Kier alpha value is -1.03.